The normalized spacial score (nSPS) is 15.9. The van der Waals surface area contributed by atoms with Gasteiger partial charge in [-0.2, -0.15) is 0 Å². The van der Waals surface area contributed by atoms with E-state index in [-0.39, 0.29) is 17.6 Å². The highest BCUT2D eigenvalue weighted by molar-refractivity contribution is 7.89. The van der Waals surface area contributed by atoms with Crippen LogP contribution in [-0.2, 0) is 21.2 Å². The molecule has 1 aliphatic heterocycles. The SMILES string of the molecule is CCS(=O)(=O)N[C@@H](CC(C)C)C(=O)N1CCc2ccccc21. The molecule has 0 bridgehead atoms. The molecule has 1 heterocycles. The Labute approximate surface area is 132 Å². The minimum absolute atomic E-state index is 0.0224. The van der Waals surface area contributed by atoms with Crippen LogP contribution in [0.1, 0.15) is 32.8 Å². The number of benzene rings is 1. The molecule has 0 aromatic heterocycles. The van der Waals surface area contributed by atoms with E-state index in [0.717, 1.165) is 17.7 Å². The van der Waals surface area contributed by atoms with Gasteiger partial charge >= 0.3 is 0 Å². The van der Waals surface area contributed by atoms with E-state index in [1.807, 2.05) is 38.1 Å². The molecule has 1 N–H and O–H groups in total. The third-order valence-corrected chi connectivity index (χ3v) is 5.26. The number of rotatable bonds is 6. The molecule has 5 nitrogen and oxygen atoms in total. The van der Waals surface area contributed by atoms with Crippen molar-refractivity contribution >= 4 is 21.6 Å². The van der Waals surface area contributed by atoms with Gasteiger partial charge in [-0.15, -0.1) is 0 Å². The molecule has 122 valence electrons. The second-order valence-corrected chi connectivity index (χ2v) is 8.11. The summed E-state index contributed by atoms with van der Waals surface area (Å²) < 4.78 is 26.3. The number of hydrogen-bond donors (Lipinski definition) is 1. The van der Waals surface area contributed by atoms with Crippen LogP contribution in [0, 0.1) is 5.92 Å². The van der Waals surface area contributed by atoms with Crippen molar-refractivity contribution in [2.45, 2.75) is 39.7 Å². The fourth-order valence-corrected chi connectivity index (χ4v) is 3.52. The number of nitrogens with zero attached hydrogens (tertiary/aromatic N) is 1. The fraction of sp³-hybridized carbons (Fsp3) is 0.562. The number of para-hydroxylation sites is 1. The van der Waals surface area contributed by atoms with E-state index in [0.29, 0.717) is 13.0 Å². The van der Waals surface area contributed by atoms with E-state index in [1.165, 1.54) is 0 Å². The van der Waals surface area contributed by atoms with Crippen LogP contribution in [0.3, 0.4) is 0 Å². The molecule has 0 fully saturated rings. The number of amides is 1. The predicted octanol–water partition coefficient (Wildman–Crippen LogP) is 1.93. The van der Waals surface area contributed by atoms with Crippen LogP contribution in [-0.4, -0.2) is 32.7 Å². The molecule has 6 heteroatoms. The molecular formula is C16H24N2O3S. The number of fused-ring (bicyclic) bond motifs is 1. The van der Waals surface area contributed by atoms with Gasteiger partial charge < -0.3 is 4.90 Å². The summed E-state index contributed by atoms with van der Waals surface area (Å²) in [5.74, 6) is 0.0490. The zero-order chi connectivity index (χ0) is 16.3. The lowest BCUT2D eigenvalue weighted by Crippen LogP contribution is -2.49. The number of hydrogen-bond acceptors (Lipinski definition) is 3. The van der Waals surface area contributed by atoms with Gasteiger partial charge in [-0.05, 0) is 37.3 Å². The second-order valence-electron chi connectivity index (χ2n) is 6.07. The number of anilines is 1. The van der Waals surface area contributed by atoms with Crippen LogP contribution in [0.5, 0.6) is 0 Å². The van der Waals surface area contributed by atoms with Crippen LogP contribution in [0.4, 0.5) is 5.69 Å². The first-order valence-corrected chi connectivity index (χ1v) is 9.38. The van der Waals surface area contributed by atoms with Gasteiger partial charge in [0.1, 0.15) is 6.04 Å². The van der Waals surface area contributed by atoms with E-state index in [4.69, 9.17) is 0 Å². The van der Waals surface area contributed by atoms with Crippen LogP contribution in [0.25, 0.3) is 0 Å². The molecule has 1 aliphatic rings. The van der Waals surface area contributed by atoms with Crippen LogP contribution in [0.15, 0.2) is 24.3 Å². The molecule has 1 atom stereocenters. The van der Waals surface area contributed by atoms with E-state index < -0.39 is 16.1 Å². The molecule has 22 heavy (non-hydrogen) atoms. The summed E-state index contributed by atoms with van der Waals surface area (Å²) in [6, 6.07) is 7.09. The van der Waals surface area contributed by atoms with Gasteiger partial charge in [0.25, 0.3) is 0 Å². The third kappa shape index (κ3) is 3.87. The summed E-state index contributed by atoms with van der Waals surface area (Å²) in [5.41, 5.74) is 2.04. The molecule has 0 radical (unpaired) electrons. The van der Waals surface area contributed by atoms with Gasteiger partial charge in [-0.3, -0.25) is 4.79 Å². The Balaban J connectivity index is 2.23. The smallest absolute Gasteiger partial charge is 0.245 e. The fourth-order valence-electron chi connectivity index (χ4n) is 2.73. The Hall–Kier alpha value is -1.40. The predicted molar refractivity (Wildman–Crippen MR) is 88.3 cm³/mol. The topological polar surface area (TPSA) is 66.5 Å². The van der Waals surface area contributed by atoms with Crippen molar-refractivity contribution in [1.29, 1.82) is 0 Å². The quantitative estimate of drug-likeness (QED) is 0.869. The number of nitrogens with one attached hydrogen (secondary N) is 1. The second kappa shape index (κ2) is 6.79. The van der Waals surface area contributed by atoms with Crippen molar-refractivity contribution in [3.8, 4) is 0 Å². The van der Waals surface area contributed by atoms with E-state index in [2.05, 4.69) is 4.72 Å². The van der Waals surface area contributed by atoms with Gasteiger partial charge in [0.15, 0.2) is 0 Å². The first-order valence-electron chi connectivity index (χ1n) is 7.73. The van der Waals surface area contributed by atoms with E-state index in [1.54, 1.807) is 11.8 Å². The molecule has 1 aromatic carbocycles. The van der Waals surface area contributed by atoms with E-state index in [9.17, 15) is 13.2 Å². The van der Waals surface area contributed by atoms with Gasteiger partial charge in [0, 0.05) is 12.2 Å². The minimum atomic E-state index is -3.41. The highest BCUT2D eigenvalue weighted by atomic mass is 32.2. The molecular weight excluding hydrogens is 300 g/mol. The monoisotopic (exact) mass is 324 g/mol. The molecule has 0 spiro atoms. The van der Waals surface area contributed by atoms with Gasteiger partial charge in [0.05, 0.1) is 5.75 Å². The Bertz CT molecular complexity index is 641. The van der Waals surface area contributed by atoms with Gasteiger partial charge in [-0.25, -0.2) is 13.1 Å². The summed E-state index contributed by atoms with van der Waals surface area (Å²) in [6.07, 6.45) is 1.31. The van der Waals surface area contributed by atoms with Crippen molar-refractivity contribution in [1.82, 2.24) is 4.72 Å². The maximum atomic E-state index is 12.8. The van der Waals surface area contributed by atoms with Gasteiger partial charge in [0.2, 0.25) is 15.9 Å². The zero-order valence-corrected chi connectivity index (χ0v) is 14.2. The van der Waals surface area contributed by atoms with Crippen molar-refractivity contribution < 1.29 is 13.2 Å². The maximum Gasteiger partial charge on any atom is 0.245 e. The first kappa shape index (κ1) is 17.0. The van der Waals surface area contributed by atoms with Crippen molar-refractivity contribution in [3.63, 3.8) is 0 Å². The molecule has 0 saturated carbocycles. The zero-order valence-electron chi connectivity index (χ0n) is 13.4. The lowest BCUT2D eigenvalue weighted by molar-refractivity contribution is -0.120. The van der Waals surface area contributed by atoms with Crippen molar-refractivity contribution in [2.24, 2.45) is 5.92 Å². The summed E-state index contributed by atoms with van der Waals surface area (Å²) >= 11 is 0. The average molecular weight is 324 g/mol. The van der Waals surface area contributed by atoms with Gasteiger partial charge in [-0.1, -0.05) is 32.0 Å². The minimum Gasteiger partial charge on any atom is -0.310 e. The Morgan fingerprint density at radius 1 is 1.32 bits per heavy atom. The molecule has 0 aliphatic carbocycles. The molecule has 2 rings (SSSR count). The summed E-state index contributed by atoms with van der Waals surface area (Å²) in [7, 11) is -3.41. The first-order chi connectivity index (χ1) is 10.3. The number of sulfonamides is 1. The number of carbonyl (C=O) groups excluding carboxylic acids is 1. The van der Waals surface area contributed by atoms with Crippen LogP contribution in [0.2, 0.25) is 0 Å². The Kier molecular flexibility index (Phi) is 5.24. The largest absolute Gasteiger partial charge is 0.310 e. The highest BCUT2D eigenvalue weighted by Crippen LogP contribution is 2.28. The molecule has 0 saturated heterocycles. The molecule has 1 aromatic rings. The van der Waals surface area contributed by atoms with Crippen LogP contribution < -0.4 is 9.62 Å². The lowest BCUT2D eigenvalue weighted by Gasteiger charge is -2.25. The Morgan fingerprint density at radius 3 is 2.64 bits per heavy atom. The summed E-state index contributed by atoms with van der Waals surface area (Å²) in [5, 5.41) is 0. The number of carbonyl (C=O) groups is 1. The van der Waals surface area contributed by atoms with Crippen molar-refractivity contribution in [3.05, 3.63) is 29.8 Å². The standard InChI is InChI=1S/C16H24N2O3S/c1-4-22(20,21)17-14(11-12(2)3)16(19)18-10-9-13-7-5-6-8-15(13)18/h5-8,12,14,17H,4,9-11H2,1-3H3/t14-/m0/s1. The lowest BCUT2D eigenvalue weighted by atomic mass is 10.0. The Morgan fingerprint density at radius 2 is 2.00 bits per heavy atom. The summed E-state index contributed by atoms with van der Waals surface area (Å²) in [6.45, 7) is 6.15. The third-order valence-electron chi connectivity index (χ3n) is 3.86. The van der Waals surface area contributed by atoms with Crippen LogP contribution >= 0.6 is 0 Å². The summed E-state index contributed by atoms with van der Waals surface area (Å²) in [4.78, 5) is 14.5. The highest BCUT2D eigenvalue weighted by Gasteiger charge is 2.32. The maximum absolute atomic E-state index is 12.8. The average Bonchev–Trinajstić information content (AvgIpc) is 2.89. The molecule has 1 amide bonds. The van der Waals surface area contributed by atoms with Crippen molar-refractivity contribution in [2.75, 3.05) is 17.2 Å². The van der Waals surface area contributed by atoms with E-state index >= 15 is 0 Å². The molecule has 0 unspecified atom stereocenters.